The van der Waals surface area contributed by atoms with Gasteiger partial charge < -0.3 is 14.8 Å². The van der Waals surface area contributed by atoms with Crippen LogP contribution in [0.2, 0.25) is 0 Å². The molecule has 0 unspecified atom stereocenters. The molecule has 6 heteroatoms. The van der Waals surface area contributed by atoms with Crippen LogP contribution in [0, 0.1) is 0 Å². The van der Waals surface area contributed by atoms with Gasteiger partial charge in [-0.2, -0.15) is 0 Å². The van der Waals surface area contributed by atoms with Crippen LogP contribution in [0.1, 0.15) is 53.0 Å². The number of ketones is 1. The van der Waals surface area contributed by atoms with Gasteiger partial charge in [0.05, 0.1) is 12.5 Å². The van der Waals surface area contributed by atoms with E-state index >= 15 is 0 Å². The fourth-order valence-electron chi connectivity index (χ4n) is 6.84. The molecule has 0 radical (unpaired) electrons. The average Bonchev–Trinajstić information content (AvgIpc) is 3.45. The van der Waals surface area contributed by atoms with Crippen molar-refractivity contribution in [2.24, 2.45) is 0 Å². The summed E-state index contributed by atoms with van der Waals surface area (Å²) in [5, 5.41) is 2.66. The highest BCUT2D eigenvalue weighted by atomic mass is 16.6. The van der Waals surface area contributed by atoms with Crippen molar-refractivity contribution in [3.8, 4) is 11.1 Å². The highest BCUT2D eigenvalue weighted by molar-refractivity contribution is 5.85. The summed E-state index contributed by atoms with van der Waals surface area (Å²) in [4.78, 5) is 39.8. The molecule has 1 amide bonds. The number of carbonyl (C=O) groups is 3. The second-order valence-electron chi connectivity index (χ2n) is 11.8. The summed E-state index contributed by atoms with van der Waals surface area (Å²) in [6.45, 7) is 0.112. The molecule has 47 heavy (non-hydrogen) atoms. The number of esters is 1. The van der Waals surface area contributed by atoms with Gasteiger partial charge in [0.1, 0.15) is 18.4 Å². The Labute approximate surface area is 275 Å². The third kappa shape index (κ3) is 6.59. The lowest BCUT2D eigenvalue weighted by Gasteiger charge is -2.35. The monoisotopic (exact) mass is 623 g/mol. The smallest absolute Gasteiger partial charge is 0.407 e. The van der Waals surface area contributed by atoms with E-state index in [0.717, 1.165) is 38.9 Å². The molecule has 1 aliphatic carbocycles. The van der Waals surface area contributed by atoms with Crippen molar-refractivity contribution >= 4 is 17.8 Å². The van der Waals surface area contributed by atoms with Crippen LogP contribution in [-0.2, 0) is 24.5 Å². The van der Waals surface area contributed by atoms with Gasteiger partial charge in [0.15, 0.2) is 0 Å². The molecule has 0 fully saturated rings. The summed E-state index contributed by atoms with van der Waals surface area (Å²) in [5.74, 6) is -0.801. The molecule has 1 aliphatic rings. The zero-order valence-corrected chi connectivity index (χ0v) is 26.3. The van der Waals surface area contributed by atoms with Crippen LogP contribution < -0.4 is 5.32 Å². The number of alkyl carbamates (subject to hydrolysis) is 1. The van der Waals surface area contributed by atoms with Crippen LogP contribution in [0.15, 0.2) is 140 Å². The summed E-state index contributed by atoms with van der Waals surface area (Å²) in [6.07, 6.45) is -0.437. The van der Waals surface area contributed by atoms with Crippen molar-refractivity contribution < 1.29 is 23.9 Å². The molecule has 0 spiro atoms. The summed E-state index contributed by atoms with van der Waals surface area (Å²) in [7, 11) is 1.27. The number of hydrogen-bond donors (Lipinski definition) is 1. The number of amides is 1. The van der Waals surface area contributed by atoms with Crippen molar-refractivity contribution in [1.29, 1.82) is 0 Å². The first-order chi connectivity index (χ1) is 23.0. The minimum atomic E-state index is -1.04. The Balaban J connectivity index is 1.17. The molecule has 0 saturated carbocycles. The SMILES string of the molecule is COC(=O)[C@H](CCC(=O)CC(c1ccccc1)(c1ccccc1)c1ccccc1)NC(=O)OCC1c2ccccc2-c2ccccc21. The maximum atomic E-state index is 13.9. The minimum Gasteiger partial charge on any atom is -0.467 e. The van der Waals surface area contributed by atoms with E-state index in [1.165, 1.54) is 7.11 Å². The van der Waals surface area contributed by atoms with E-state index in [9.17, 15) is 14.4 Å². The molecule has 6 nitrogen and oxygen atoms in total. The van der Waals surface area contributed by atoms with Crippen LogP contribution in [0.3, 0.4) is 0 Å². The second kappa shape index (κ2) is 14.3. The first kappa shape index (κ1) is 31.5. The average molecular weight is 624 g/mol. The molecule has 1 atom stereocenters. The van der Waals surface area contributed by atoms with Crippen molar-refractivity contribution in [1.82, 2.24) is 5.32 Å². The van der Waals surface area contributed by atoms with Gasteiger partial charge >= 0.3 is 12.1 Å². The zero-order valence-electron chi connectivity index (χ0n) is 26.3. The lowest BCUT2D eigenvalue weighted by molar-refractivity contribution is -0.143. The summed E-state index contributed by atoms with van der Waals surface area (Å²) >= 11 is 0. The fourth-order valence-corrected chi connectivity index (χ4v) is 6.84. The summed E-state index contributed by atoms with van der Waals surface area (Å²) in [5.41, 5.74) is 6.67. The normalized spacial score (nSPS) is 12.8. The van der Waals surface area contributed by atoms with E-state index < -0.39 is 23.5 Å². The number of benzene rings is 5. The van der Waals surface area contributed by atoms with E-state index in [1.807, 2.05) is 127 Å². The number of ether oxygens (including phenoxy) is 2. The van der Waals surface area contributed by atoms with Gasteiger partial charge in [-0.1, -0.05) is 140 Å². The van der Waals surface area contributed by atoms with Gasteiger partial charge in [0.2, 0.25) is 0 Å². The number of fused-ring (bicyclic) bond motifs is 3. The minimum absolute atomic E-state index is 0.0511. The number of methoxy groups -OCH3 is 1. The molecule has 0 heterocycles. The molecule has 0 bridgehead atoms. The van der Waals surface area contributed by atoms with Gasteiger partial charge in [0.25, 0.3) is 0 Å². The summed E-state index contributed by atoms with van der Waals surface area (Å²) < 4.78 is 10.7. The Hall–Kier alpha value is -5.49. The number of Topliss-reactive ketones (excluding diaryl/α,β-unsaturated/α-hetero) is 1. The Bertz CT molecular complexity index is 1700. The molecular weight excluding hydrogens is 586 g/mol. The van der Waals surface area contributed by atoms with Gasteiger partial charge in [-0.05, 0) is 45.4 Å². The topological polar surface area (TPSA) is 81.7 Å². The standard InChI is InChI=1S/C41H37NO5/c1-46-39(44)38(42-40(45)47-28-37-35-23-13-11-21-33(35)34-22-12-14-24-36(34)37)26-25-32(43)27-41(29-15-5-2-6-16-29,30-17-7-3-8-18-30)31-19-9-4-10-20-31/h2-24,37-38H,25-28H2,1H3,(H,42,45)/t38-/m0/s1. The lowest BCUT2D eigenvalue weighted by atomic mass is 9.66. The largest absolute Gasteiger partial charge is 0.467 e. The molecule has 1 N–H and O–H groups in total. The van der Waals surface area contributed by atoms with Crippen LogP contribution in [0.4, 0.5) is 4.79 Å². The fraction of sp³-hybridized carbons (Fsp3) is 0.195. The van der Waals surface area contributed by atoms with Gasteiger partial charge in [-0.15, -0.1) is 0 Å². The van der Waals surface area contributed by atoms with Crippen molar-refractivity contribution in [3.05, 3.63) is 167 Å². The van der Waals surface area contributed by atoms with E-state index in [2.05, 4.69) is 17.4 Å². The highest BCUT2D eigenvalue weighted by Crippen LogP contribution is 2.45. The third-order valence-corrected chi connectivity index (χ3v) is 9.10. The first-order valence-electron chi connectivity index (χ1n) is 15.9. The van der Waals surface area contributed by atoms with E-state index in [4.69, 9.17) is 9.47 Å². The number of nitrogens with one attached hydrogen (secondary N) is 1. The van der Waals surface area contributed by atoms with Gasteiger partial charge in [-0.25, -0.2) is 9.59 Å². The quantitative estimate of drug-likeness (QED) is 0.113. The Kier molecular flexibility index (Phi) is 9.58. The summed E-state index contributed by atoms with van der Waals surface area (Å²) in [6, 6.07) is 45.2. The number of rotatable bonds is 12. The van der Waals surface area contributed by atoms with Gasteiger partial charge in [0, 0.05) is 18.8 Å². The van der Waals surface area contributed by atoms with E-state index in [0.29, 0.717) is 0 Å². The number of carbonyl (C=O) groups excluding carboxylic acids is 3. The predicted octanol–water partition coefficient (Wildman–Crippen LogP) is 7.84. The molecule has 0 saturated heterocycles. The highest BCUT2D eigenvalue weighted by Gasteiger charge is 2.38. The third-order valence-electron chi connectivity index (χ3n) is 9.10. The van der Waals surface area contributed by atoms with Crippen molar-refractivity contribution in [2.75, 3.05) is 13.7 Å². The molecular formula is C41H37NO5. The maximum Gasteiger partial charge on any atom is 0.407 e. The molecule has 5 aromatic carbocycles. The van der Waals surface area contributed by atoms with Crippen molar-refractivity contribution in [2.45, 2.75) is 36.6 Å². The molecule has 5 aromatic rings. The Morgan fingerprint density at radius 2 is 1.11 bits per heavy atom. The lowest BCUT2D eigenvalue weighted by Crippen LogP contribution is -2.42. The second-order valence-corrected chi connectivity index (χ2v) is 11.8. The number of hydrogen-bond acceptors (Lipinski definition) is 5. The van der Waals surface area contributed by atoms with Crippen molar-refractivity contribution in [3.63, 3.8) is 0 Å². The van der Waals surface area contributed by atoms with Crippen LogP contribution >= 0.6 is 0 Å². The molecule has 0 aliphatic heterocycles. The van der Waals surface area contributed by atoms with E-state index in [-0.39, 0.29) is 37.6 Å². The maximum absolute atomic E-state index is 13.9. The Morgan fingerprint density at radius 3 is 1.57 bits per heavy atom. The zero-order chi connectivity index (χ0) is 32.6. The van der Waals surface area contributed by atoms with Gasteiger partial charge in [-0.3, -0.25) is 4.79 Å². The predicted molar refractivity (Wildman–Crippen MR) is 182 cm³/mol. The van der Waals surface area contributed by atoms with Crippen LogP contribution in [-0.4, -0.2) is 37.6 Å². The molecule has 236 valence electrons. The first-order valence-corrected chi connectivity index (χ1v) is 15.9. The van der Waals surface area contributed by atoms with Crippen LogP contribution in [0.25, 0.3) is 11.1 Å². The molecule has 0 aromatic heterocycles. The molecule has 6 rings (SSSR count). The van der Waals surface area contributed by atoms with Crippen LogP contribution in [0.5, 0.6) is 0 Å². The van der Waals surface area contributed by atoms with E-state index in [1.54, 1.807) is 0 Å². The Morgan fingerprint density at radius 1 is 0.660 bits per heavy atom.